The highest BCUT2D eigenvalue weighted by atomic mass is 32.2. The van der Waals surface area contributed by atoms with E-state index in [0.717, 1.165) is 17.7 Å². The van der Waals surface area contributed by atoms with E-state index in [4.69, 9.17) is 4.74 Å². The van der Waals surface area contributed by atoms with E-state index in [9.17, 15) is 22.8 Å². The van der Waals surface area contributed by atoms with Crippen molar-refractivity contribution in [1.29, 1.82) is 0 Å². The van der Waals surface area contributed by atoms with Crippen LogP contribution in [0, 0.1) is 0 Å². The first-order chi connectivity index (χ1) is 16.2. The molecule has 1 saturated carbocycles. The van der Waals surface area contributed by atoms with E-state index < -0.39 is 27.5 Å². The Kier molecular flexibility index (Phi) is 6.83. The number of nitrogens with one attached hydrogen (secondary N) is 2. The SMILES string of the molecule is COc1ccc(S(=O)(=O)N2CCN(C)CC2)cc1NC(=O)CCN1C(=O)NC2(CCCC2)C1=O. The van der Waals surface area contributed by atoms with Crippen LogP contribution in [-0.2, 0) is 19.6 Å². The van der Waals surface area contributed by atoms with Crippen LogP contribution < -0.4 is 15.4 Å². The summed E-state index contributed by atoms with van der Waals surface area (Å²) in [6.45, 7) is 2.01. The van der Waals surface area contributed by atoms with Gasteiger partial charge in [0.1, 0.15) is 11.3 Å². The lowest BCUT2D eigenvalue weighted by Gasteiger charge is -2.31. The number of imide groups is 1. The third-order valence-corrected chi connectivity index (χ3v) is 8.71. The van der Waals surface area contributed by atoms with Gasteiger partial charge in [-0.3, -0.25) is 14.5 Å². The number of likely N-dealkylation sites (N-methyl/N-ethyl adjacent to an activating group) is 1. The standard InChI is InChI=1S/C22H31N5O6S/c1-25-11-13-26(14-12-25)34(31,32)16-5-6-18(33-2)17(15-16)23-19(28)7-10-27-20(29)22(24-21(27)30)8-3-4-9-22/h5-6,15H,3-4,7-14H2,1-2H3,(H,23,28)(H,24,30). The number of hydrogen-bond donors (Lipinski definition) is 2. The van der Waals surface area contributed by atoms with Crippen molar-refractivity contribution in [3.05, 3.63) is 18.2 Å². The maximum Gasteiger partial charge on any atom is 0.325 e. The van der Waals surface area contributed by atoms with Crippen LogP contribution in [0.25, 0.3) is 0 Å². The third kappa shape index (κ3) is 4.62. The van der Waals surface area contributed by atoms with Crippen LogP contribution in [0.4, 0.5) is 10.5 Å². The molecule has 2 N–H and O–H groups in total. The molecular weight excluding hydrogens is 462 g/mol. The number of carbonyl (C=O) groups excluding carboxylic acids is 3. The van der Waals surface area contributed by atoms with Gasteiger partial charge in [0.05, 0.1) is 17.7 Å². The van der Waals surface area contributed by atoms with Gasteiger partial charge < -0.3 is 20.3 Å². The number of urea groups is 1. The van der Waals surface area contributed by atoms with Gasteiger partial charge in [0.2, 0.25) is 15.9 Å². The Morgan fingerprint density at radius 2 is 1.82 bits per heavy atom. The zero-order valence-electron chi connectivity index (χ0n) is 19.5. The largest absolute Gasteiger partial charge is 0.495 e. The minimum atomic E-state index is -3.73. The molecule has 34 heavy (non-hydrogen) atoms. The lowest BCUT2D eigenvalue weighted by atomic mass is 9.98. The lowest BCUT2D eigenvalue weighted by molar-refractivity contribution is -0.131. The van der Waals surface area contributed by atoms with Gasteiger partial charge in [-0.1, -0.05) is 12.8 Å². The monoisotopic (exact) mass is 493 g/mol. The van der Waals surface area contributed by atoms with Gasteiger partial charge in [-0.25, -0.2) is 13.2 Å². The lowest BCUT2D eigenvalue weighted by Crippen LogP contribution is -2.47. The zero-order valence-corrected chi connectivity index (χ0v) is 20.3. The molecule has 1 spiro atoms. The van der Waals surface area contributed by atoms with Crippen molar-refractivity contribution >= 4 is 33.6 Å². The predicted molar refractivity (Wildman–Crippen MR) is 124 cm³/mol. The first kappa shape index (κ1) is 24.4. The Balaban J connectivity index is 1.43. The molecule has 3 fully saturated rings. The Labute approximate surface area is 199 Å². The number of sulfonamides is 1. The van der Waals surface area contributed by atoms with Crippen molar-refractivity contribution in [3.63, 3.8) is 0 Å². The predicted octanol–water partition coefficient (Wildman–Crippen LogP) is 0.825. The molecule has 1 aromatic carbocycles. The van der Waals surface area contributed by atoms with Gasteiger partial charge in [-0.2, -0.15) is 4.31 Å². The third-order valence-electron chi connectivity index (χ3n) is 6.81. The average molecular weight is 494 g/mol. The number of anilines is 1. The molecular formula is C22H31N5O6S. The minimum absolute atomic E-state index is 0.0557. The van der Waals surface area contributed by atoms with E-state index in [1.54, 1.807) is 0 Å². The topological polar surface area (TPSA) is 128 Å². The Morgan fingerprint density at radius 1 is 1.15 bits per heavy atom. The minimum Gasteiger partial charge on any atom is -0.495 e. The van der Waals surface area contributed by atoms with Crippen molar-refractivity contribution in [3.8, 4) is 5.75 Å². The molecule has 2 aliphatic heterocycles. The summed E-state index contributed by atoms with van der Waals surface area (Å²) in [6, 6.07) is 3.86. The smallest absolute Gasteiger partial charge is 0.325 e. The van der Waals surface area contributed by atoms with Gasteiger partial charge in [-0.05, 0) is 38.1 Å². The van der Waals surface area contributed by atoms with Crippen LogP contribution in [0.5, 0.6) is 5.75 Å². The first-order valence-electron chi connectivity index (χ1n) is 11.5. The molecule has 1 aromatic rings. The molecule has 2 heterocycles. The summed E-state index contributed by atoms with van der Waals surface area (Å²) in [5.74, 6) is -0.424. The molecule has 186 valence electrons. The molecule has 0 bridgehead atoms. The van der Waals surface area contributed by atoms with Gasteiger partial charge in [-0.15, -0.1) is 0 Å². The number of hydrogen-bond acceptors (Lipinski definition) is 7. The zero-order chi connectivity index (χ0) is 24.5. The molecule has 4 amide bonds. The van der Waals surface area contributed by atoms with Crippen LogP contribution in [0.15, 0.2) is 23.1 Å². The van der Waals surface area contributed by atoms with Gasteiger partial charge >= 0.3 is 6.03 Å². The van der Waals surface area contributed by atoms with Gasteiger partial charge in [0, 0.05) is 39.1 Å². The fourth-order valence-corrected chi connectivity index (χ4v) is 6.19. The van der Waals surface area contributed by atoms with Crippen LogP contribution in [0.1, 0.15) is 32.1 Å². The number of ether oxygens (including phenoxy) is 1. The Hall–Kier alpha value is -2.70. The van der Waals surface area contributed by atoms with E-state index in [1.807, 2.05) is 7.05 Å². The summed E-state index contributed by atoms with van der Waals surface area (Å²) in [4.78, 5) is 40.9. The highest BCUT2D eigenvalue weighted by Crippen LogP contribution is 2.35. The number of nitrogens with zero attached hydrogens (tertiary/aromatic N) is 3. The first-order valence-corrected chi connectivity index (χ1v) is 12.9. The van der Waals surface area contributed by atoms with E-state index in [-0.39, 0.29) is 29.5 Å². The van der Waals surface area contributed by atoms with Crippen molar-refractivity contribution in [2.45, 2.75) is 42.5 Å². The number of methoxy groups -OCH3 is 1. The van der Waals surface area contributed by atoms with E-state index >= 15 is 0 Å². The molecule has 0 unspecified atom stereocenters. The summed E-state index contributed by atoms with van der Waals surface area (Å²) in [5, 5.41) is 5.46. The maximum atomic E-state index is 13.1. The van der Waals surface area contributed by atoms with Crippen molar-refractivity contribution in [1.82, 2.24) is 19.4 Å². The highest BCUT2D eigenvalue weighted by molar-refractivity contribution is 7.89. The van der Waals surface area contributed by atoms with Crippen LogP contribution >= 0.6 is 0 Å². The Morgan fingerprint density at radius 3 is 2.47 bits per heavy atom. The summed E-state index contributed by atoms with van der Waals surface area (Å²) >= 11 is 0. The maximum absolute atomic E-state index is 13.1. The van der Waals surface area contributed by atoms with Gasteiger partial charge in [0.25, 0.3) is 5.91 Å². The number of piperazine rings is 1. The quantitative estimate of drug-likeness (QED) is 0.538. The number of rotatable bonds is 7. The summed E-state index contributed by atoms with van der Waals surface area (Å²) in [5.41, 5.74) is -0.602. The summed E-state index contributed by atoms with van der Waals surface area (Å²) in [7, 11) is -0.361. The Bertz CT molecular complexity index is 1080. The fraction of sp³-hybridized carbons (Fsp3) is 0.591. The molecule has 0 aromatic heterocycles. The molecule has 4 rings (SSSR count). The van der Waals surface area contributed by atoms with E-state index in [2.05, 4.69) is 15.5 Å². The fourth-order valence-electron chi connectivity index (χ4n) is 4.75. The highest BCUT2D eigenvalue weighted by Gasteiger charge is 2.52. The second-order valence-corrected chi connectivity index (χ2v) is 11.0. The van der Waals surface area contributed by atoms with E-state index in [1.165, 1.54) is 29.6 Å². The average Bonchev–Trinajstić information content (AvgIpc) is 3.37. The molecule has 11 nitrogen and oxygen atoms in total. The van der Waals surface area contributed by atoms with Crippen molar-refractivity contribution in [2.75, 3.05) is 52.2 Å². The summed E-state index contributed by atoms with van der Waals surface area (Å²) < 4.78 is 32.9. The number of carbonyl (C=O) groups is 3. The molecule has 3 aliphatic rings. The normalized spacial score (nSPS) is 21.2. The van der Waals surface area contributed by atoms with E-state index in [0.29, 0.717) is 44.8 Å². The van der Waals surface area contributed by atoms with Crippen molar-refractivity contribution < 1.29 is 27.5 Å². The molecule has 12 heteroatoms. The second kappa shape index (κ2) is 9.51. The molecule has 2 saturated heterocycles. The molecule has 0 atom stereocenters. The molecule has 0 radical (unpaired) electrons. The van der Waals surface area contributed by atoms with Gasteiger partial charge in [0.15, 0.2) is 0 Å². The van der Waals surface area contributed by atoms with Crippen LogP contribution in [0.3, 0.4) is 0 Å². The number of amides is 4. The molecule has 1 aliphatic carbocycles. The van der Waals surface area contributed by atoms with Crippen LogP contribution in [0.2, 0.25) is 0 Å². The van der Waals surface area contributed by atoms with Crippen LogP contribution in [-0.4, -0.2) is 92.8 Å². The summed E-state index contributed by atoms with van der Waals surface area (Å²) in [6.07, 6.45) is 2.88. The van der Waals surface area contributed by atoms with Crippen molar-refractivity contribution in [2.24, 2.45) is 0 Å². The number of benzene rings is 1. The second-order valence-electron chi connectivity index (χ2n) is 9.04.